The number of nitrogens with zero attached hydrogens (tertiary/aromatic N) is 3. The third-order valence-electron chi connectivity index (χ3n) is 6.02. The van der Waals surface area contributed by atoms with Crippen molar-refractivity contribution in [2.45, 2.75) is 57.2 Å². The van der Waals surface area contributed by atoms with Crippen LogP contribution in [0.15, 0.2) is 36.7 Å². The number of fused-ring (bicyclic) bond motifs is 2. The zero-order chi connectivity index (χ0) is 16.7. The third kappa shape index (κ3) is 2.49. The Bertz CT molecular complexity index is 713. The average molecular weight is 325 g/mol. The van der Waals surface area contributed by atoms with Gasteiger partial charge in [-0.2, -0.15) is 0 Å². The van der Waals surface area contributed by atoms with Crippen LogP contribution in [0.5, 0.6) is 0 Å². The van der Waals surface area contributed by atoms with Gasteiger partial charge in [0, 0.05) is 23.9 Å². The molecule has 4 nitrogen and oxygen atoms in total. The molecule has 1 aliphatic carbocycles. The summed E-state index contributed by atoms with van der Waals surface area (Å²) in [6, 6.07) is 9.06. The number of benzene rings is 1. The van der Waals surface area contributed by atoms with E-state index in [1.165, 1.54) is 11.1 Å². The lowest BCUT2D eigenvalue weighted by molar-refractivity contribution is 0.0403. The van der Waals surface area contributed by atoms with E-state index in [-0.39, 0.29) is 11.5 Å². The molecule has 2 heterocycles. The van der Waals surface area contributed by atoms with Gasteiger partial charge in [0.25, 0.3) is 0 Å². The summed E-state index contributed by atoms with van der Waals surface area (Å²) in [4.78, 5) is 7.03. The van der Waals surface area contributed by atoms with Gasteiger partial charge in [0.05, 0.1) is 12.6 Å². The van der Waals surface area contributed by atoms with Crippen LogP contribution in [0.25, 0.3) is 0 Å². The molecule has 1 fully saturated rings. The number of hydrogen-bond acceptors (Lipinski definition) is 3. The summed E-state index contributed by atoms with van der Waals surface area (Å²) in [7, 11) is 0. The molecule has 1 spiro atoms. The Hall–Kier alpha value is -1.65. The Morgan fingerprint density at radius 3 is 2.75 bits per heavy atom. The van der Waals surface area contributed by atoms with Crippen LogP contribution in [0.4, 0.5) is 0 Å². The second-order valence-electron chi connectivity index (χ2n) is 7.65. The van der Waals surface area contributed by atoms with E-state index in [2.05, 4.69) is 58.8 Å². The van der Waals surface area contributed by atoms with Crippen LogP contribution in [-0.4, -0.2) is 38.8 Å². The minimum atomic E-state index is -0.227. The quantitative estimate of drug-likeness (QED) is 0.943. The molecule has 1 aromatic carbocycles. The van der Waals surface area contributed by atoms with E-state index >= 15 is 0 Å². The van der Waals surface area contributed by atoms with Gasteiger partial charge < -0.3 is 9.67 Å². The molecule has 0 amide bonds. The van der Waals surface area contributed by atoms with E-state index in [4.69, 9.17) is 0 Å². The Kier molecular flexibility index (Phi) is 3.97. The van der Waals surface area contributed by atoms with Crippen molar-refractivity contribution < 1.29 is 5.11 Å². The maximum atomic E-state index is 10.8. The number of aliphatic hydroxyl groups is 1. The molecule has 1 aliphatic heterocycles. The van der Waals surface area contributed by atoms with Gasteiger partial charge >= 0.3 is 0 Å². The number of piperidine rings is 1. The lowest BCUT2D eigenvalue weighted by Gasteiger charge is -2.42. The molecule has 24 heavy (non-hydrogen) atoms. The topological polar surface area (TPSA) is 41.3 Å². The van der Waals surface area contributed by atoms with Crippen LogP contribution >= 0.6 is 0 Å². The maximum absolute atomic E-state index is 10.8. The average Bonchev–Trinajstić information content (AvgIpc) is 3.14. The first-order valence-electron chi connectivity index (χ1n) is 9.11. The van der Waals surface area contributed by atoms with Gasteiger partial charge in [0.2, 0.25) is 0 Å². The molecular weight excluding hydrogens is 298 g/mol. The predicted octanol–water partition coefficient (Wildman–Crippen LogP) is 2.91. The second-order valence-corrected chi connectivity index (χ2v) is 7.65. The Balaban J connectivity index is 1.48. The molecular formula is C20H27N3O. The normalized spacial score (nSPS) is 23.1. The van der Waals surface area contributed by atoms with E-state index in [0.717, 1.165) is 44.7 Å². The van der Waals surface area contributed by atoms with Crippen LogP contribution in [0, 0.1) is 0 Å². The van der Waals surface area contributed by atoms with Gasteiger partial charge in [-0.1, -0.05) is 24.3 Å². The van der Waals surface area contributed by atoms with Gasteiger partial charge in [-0.3, -0.25) is 4.90 Å². The summed E-state index contributed by atoms with van der Waals surface area (Å²) in [5.41, 5.74) is 2.70. The van der Waals surface area contributed by atoms with E-state index in [1.54, 1.807) is 0 Å². The first kappa shape index (κ1) is 15.9. The molecule has 1 unspecified atom stereocenters. The number of imidazole rings is 1. The number of likely N-dealkylation sites (tertiary alicyclic amines) is 1. The second kappa shape index (κ2) is 6.01. The fourth-order valence-corrected chi connectivity index (χ4v) is 4.62. The molecule has 2 aliphatic rings. The first-order chi connectivity index (χ1) is 11.6. The van der Waals surface area contributed by atoms with E-state index in [1.807, 2.05) is 6.20 Å². The van der Waals surface area contributed by atoms with Crippen molar-refractivity contribution in [3.05, 3.63) is 53.6 Å². The highest BCUT2D eigenvalue weighted by Crippen LogP contribution is 2.46. The number of aromatic nitrogens is 2. The highest BCUT2D eigenvalue weighted by atomic mass is 16.3. The number of hydrogen-bond donors (Lipinski definition) is 1. The van der Waals surface area contributed by atoms with Gasteiger partial charge in [-0.25, -0.2) is 4.98 Å². The number of rotatable bonds is 3. The lowest BCUT2D eigenvalue weighted by atomic mass is 9.72. The van der Waals surface area contributed by atoms with E-state index < -0.39 is 0 Å². The molecule has 2 aromatic rings. The third-order valence-corrected chi connectivity index (χ3v) is 6.02. The first-order valence-corrected chi connectivity index (χ1v) is 9.11. The molecule has 1 N–H and O–H groups in total. The predicted molar refractivity (Wildman–Crippen MR) is 95.0 cm³/mol. The highest BCUT2D eigenvalue weighted by Gasteiger charge is 2.47. The zero-order valence-electron chi connectivity index (χ0n) is 14.7. The highest BCUT2D eigenvalue weighted by molar-refractivity contribution is 5.42. The largest absolute Gasteiger partial charge is 0.392 e. The van der Waals surface area contributed by atoms with Crippen molar-refractivity contribution in [3.63, 3.8) is 0 Å². The minimum absolute atomic E-state index is 0.0272. The van der Waals surface area contributed by atoms with Gasteiger partial charge in [0.1, 0.15) is 5.82 Å². The summed E-state index contributed by atoms with van der Waals surface area (Å²) in [6.07, 6.45) is 6.63. The molecule has 4 heteroatoms. The van der Waals surface area contributed by atoms with Gasteiger partial charge in [-0.15, -0.1) is 0 Å². The molecule has 4 rings (SSSR count). The molecule has 1 saturated heterocycles. The molecule has 128 valence electrons. The Labute approximate surface area is 144 Å². The van der Waals surface area contributed by atoms with Crippen molar-refractivity contribution in [3.8, 4) is 0 Å². The van der Waals surface area contributed by atoms with Gasteiger partial charge in [0.15, 0.2) is 0 Å². The molecule has 0 radical (unpaired) electrons. The smallest absolute Gasteiger partial charge is 0.123 e. The van der Waals surface area contributed by atoms with E-state index in [0.29, 0.717) is 6.04 Å². The summed E-state index contributed by atoms with van der Waals surface area (Å²) >= 11 is 0. The fourth-order valence-electron chi connectivity index (χ4n) is 4.62. The molecule has 1 aromatic heterocycles. The van der Waals surface area contributed by atoms with Crippen molar-refractivity contribution in [1.82, 2.24) is 14.5 Å². The zero-order valence-corrected chi connectivity index (χ0v) is 14.7. The van der Waals surface area contributed by atoms with E-state index in [9.17, 15) is 5.11 Å². The summed E-state index contributed by atoms with van der Waals surface area (Å²) in [5.74, 6) is 1.15. The van der Waals surface area contributed by atoms with Crippen LogP contribution in [0.2, 0.25) is 0 Å². The van der Waals surface area contributed by atoms with Crippen LogP contribution in [0.3, 0.4) is 0 Å². The lowest BCUT2D eigenvalue weighted by Crippen LogP contribution is -2.47. The monoisotopic (exact) mass is 325 g/mol. The number of aliphatic hydroxyl groups excluding tert-OH is 1. The Morgan fingerprint density at radius 2 is 2.00 bits per heavy atom. The summed E-state index contributed by atoms with van der Waals surface area (Å²) in [6.45, 7) is 7.34. The molecule has 1 atom stereocenters. The van der Waals surface area contributed by atoms with Crippen molar-refractivity contribution in [1.29, 1.82) is 0 Å². The molecule has 0 bridgehead atoms. The summed E-state index contributed by atoms with van der Waals surface area (Å²) < 4.78 is 2.25. The van der Waals surface area contributed by atoms with Crippen molar-refractivity contribution in [2.75, 3.05) is 13.1 Å². The van der Waals surface area contributed by atoms with Crippen molar-refractivity contribution >= 4 is 0 Å². The van der Waals surface area contributed by atoms with Crippen LogP contribution in [0.1, 0.15) is 49.7 Å². The standard InChI is InChI=1S/C20H27N3O/c1-15(2)23-12-9-21-19(23)14-22-10-7-20(8-11-22)17-6-4-3-5-16(17)13-18(20)24/h3-6,9,12,15,18,24H,7-8,10-11,13-14H2,1-2H3. The SMILES string of the molecule is CC(C)n1ccnc1CN1CCC2(CC1)c1ccccc1CC2O. The van der Waals surface area contributed by atoms with Crippen LogP contribution < -0.4 is 0 Å². The van der Waals surface area contributed by atoms with Crippen molar-refractivity contribution in [2.24, 2.45) is 0 Å². The summed E-state index contributed by atoms with van der Waals surface area (Å²) in [5, 5.41) is 10.8. The Morgan fingerprint density at radius 1 is 1.25 bits per heavy atom. The van der Waals surface area contributed by atoms with Crippen LogP contribution in [-0.2, 0) is 18.4 Å². The fraction of sp³-hybridized carbons (Fsp3) is 0.550. The molecule has 0 saturated carbocycles. The van der Waals surface area contributed by atoms with Gasteiger partial charge in [-0.05, 0) is 57.3 Å². The maximum Gasteiger partial charge on any atom is 0.123 e. The minimum Gasteiger partial charge on any atom is -0.392 e.